The van der Waals surface area contributed by atoms with Gasteiger partial charge in [0.25, 0.3) is 27.9 Å². The van der Waals surface area contributed by atoms with E-state index in [0.717, 1.165) is 0 Å². The zero-order valence-corrected chi connectivity index (χ0v) is 19.9. The molecule has 0 saturated carbocycles. The Balaban J connectivity index is 0.000000294. The molecule has 2 atom stereocenters. The number of likely N-dealkylation sites (tertiary alicyclic amines) is 2. The molecular weight excluding hydrogens is 532 g/mol. The molecule has 1 aromatic rings. The Kier molecular flexibility index (Phi) is 9.21. The minimum absolute atomic E-state index is 0.175. The lowest BCUT2D eigenvalue weighted by molar-refractivity contribution is -0.140. The summed E-state index contributed by atoms with van der Waals surface area (Å²) in [6, 6.07) is 4.23. The van der Waals surface area contributed by atoms with Gasteiger partial charge in [0.1, 0.15) is 25.3 Å². The SMILES string of the molecule is NC(=O)[C@@H]1CC(F)(F)CN1C(=O)CO.NC(=O)[C@@H]1CC(F)(F)CN1C(=O)COS(=O)(=O)c1ccccc1. The van der Waals surface area contributed by atoms with Gasteiger partial charge in [-0.2, -0.15) is 8.42 Å². The van der Waals surface area contributed by atoms with Crippen molar-refractivity contribution in [3.05, 3.63) is 30.3 Å². The standard InChI is InChI=1S/C13H14F2N2O5S.C7H10F2N2O3/c14-13(15)6-10(12(16)19)17(8-13)11(18)7-22-23(20,21)9-4-2-1-3-5-9;8-7(9)1-4(6(10)14)11(3-7)5(13)2-12/h1-5,10H,6-8H2,(H2,16,19);4,12H,1-3H2,(H2,10,14)/t10-;4-/m00/s1. The van der Waals surface area contributed by atoms with E-state index >= 15 is 0 Å². The van der Waals surface area contributed by atoms with Gasteiger partial charge in [-0.25, -0.2) is 17.6 Å². The van der Waals surface area contributed by atoms with Gasteiger partial charge in [0.05, 0.1) is 18.0 Å². The maximum atomic E-state index is 13.3. The van der Waals surface area contributed by atoms with Gasteiger partial charge in [-0.3, -0.25) is 23.4 Å². The van der Waals surface area contributed by atoms with Gasteiger partial charge in [-0.1, -0.05) is 18.2 Å². The third-order valence-electron chi connectivity index (χ3n) is 5.34. The fourth-order valence-corrected chi connectivity index (χ4v) is 4.51. The van der Waals surface area contributed by atoms with Crippen molar-refractivity contribution in [1.29, 1.82) is 0 Å². The summed E-state index contributed by atoms with van der Waals surface area (Å²) < 4.78 is 80.6. The highest BCUT2D eigenvalue weighted by Crippen LogP contribution is 2.32. The summed E-state index contributed by atoms with van der Waals surface area (Å²) in [5.74, 6) is -10.4. The van der Waals surface area contributed by atoms with Crippen LogP contribution in [0.15, 0.2) is 35.2 Å². The molecule has 2 aliphatic heterocycles. The smallest absolute Gasteiger partial charge is 0.297 e. The van der Waals surface area contributed by atoms with Crippen LogP contribution in [0.3, 0.4) is 0 Å². The van der Waals surface area contributed by atoms with E-state index in [2.05, 4.69) is 4.18 Å². The number of carbonyl (C=O) groups is 4. The van der Waals surface area contributed by atoms with Crippen molar-refractivity contribution in [2.24, 2.45) is 11.5 Å². The normalized spacial score (nSPS) is 22.2. The molecule has 3 rings (SSSR count). The molecule has 2 fully saturated rings. The Morgan fingerprint density at radius 1 is 0.892 bits per heavy atom. The van der Waals surface area contributed by atoms with Crippen LogP contribution in [-0.4, -0.2) is 97.2 Å². The summed E-state index contributed by atoms with van der Waals surface area (Å²) >= 11 is 0. The lowest BCUT2D eigenvalue weighted by Crippen LogP contribution is -2.45. The summed E-state index contributed by atoms with van der Waals surface area (Å²) in [4.78, 5) is 45.8. The fraction of sp³-hybridized carbons (Fsp3) is 0.500. The number of benzene rings is 1. The van der Waals surface area contributed by atoms with Gasteiger partial charge in [-0.05, 0) is 12.1 Å². The number of aliphatic hydroxyl groups is 1. The van der Waals surface area contributed by atoms with E-state index in [-0.39, 0.29) is 4.90 Å². The molecule has 17 heteroatoms. The lowest BCUT2D eigenvalue weighted by atomic mass is 10.2. The Bertz CT molecular complexity index is 1140. The molecule has 2 aliphatic rings. The summed E-state index contributed by atoms with van der Waals surface area (Å²) in [6.07, 6.45) is -1.66. The van der Waals surface area contributed by atoms with Gasteiger partial charge >= 0.3 is 0 Å². The van der Waals surface area contributed by atoms with E-state index in [1.807, 2.05) is 0 Å². The van der Waals surface area contributed by atoms with Crippen molar-refractivity contribution in [1.82, 2.24) is 9.80 Å². The quantitative estimate of drug-likeness (QED) is 0.276. The zero-order valence-electron chi connectivity index (χ0n) is 19.1. The molecule has 2 heterocycles. The largest absolute Gasteiger partial charge is 0.387 e. The molecule has 1 aromatic carbocycles. The summed E-state index contributed by atoms with van der Waals surface area (Å²) in [5, 5.41) is 8.48. The first kappa shape index (κ1) is 29.9. The number of primary amides is 2. The number of nitrogens with zero attached hydrogens (tertiary/aromatic N) is 2. The third kappa shape index (κ3) is 7.83. The van der Waals surface area contributed by atoms with E-state index in [0.29, 0.717) is 9.80 Å². The third-order valence-corrected chi connectivity index (χ3v) is 6.62. The second-order valence-corrected chi connectivity index (χ2v) is 9.80. The fourth-order valence-electron chi connectivity index (χ4n) is 3.62. The van der Waals surface area contributed by atoms with E-state index in [1.165, 1.54) is 24.3 Å². The lowest BCUT2D eigenvalue weighted by Gasteiger charge is -2.21. The molecule has 4 amide bonds. The van der Waals surface area contributed by atoms with Gasteiger partial charge in [0.15, 0.2) is 0 Å². The first-order chi connectivity index (χ1) is 17.0. The molecule has 206 valence electrons. The van der Waals surface area contributed by atoms with Gasteiger partial charge in [-0.15, -0.1) is 0 Å². The number of hydrogen-bond acceptors (Lipinski definition) is 8. The molecule has 0 aromatic heterocycles. The zero-order chi connectivity index (χ0) is 28.2. The van der Waals surface area contributed by atoms with Crippen LogP contribution < -0.4 is 11.5 Å². The van der Waals surface area contributed by atoms with Crippen molar-refractivity contribution < 1.29 is 54.4 Å². The second kappa shape index (κ2) is 11.4. The topological polar surface area (TPSA) is 190 Å². The number of nitrogens with two attached hydrogens (primary N) is 2. The predicted molar refractivity (Wildman–Crippen MR) is 115 cm³/mol. The van der Waals surface area contributed by atoms with E-state index in [1.54, 1.807) is 6.07 Å². The number of halogens is 4. The monoisotopic (exact) mass is 556 g/mol. The molecule has 0 spiro atoms. The number of carbonyl (C=O) groups excluding carboxylic acids is 4. The minimum atomic E-state index is -4.20. The molecule has 37 heavy (non-hydrogen) atoms. The van der Waals surface area contributed by atoms with E-state index < -0.39 is 96.8 Å². The van der Waals surface area contributed by atoms with E-state index in [4.69, 9.17) is 16.6 Å². The molecule has 0 unspecified atom stereocenters. The van der Waals surface area contributed by atoms with Crippen molar-refractivity contribution in [3.63, 3.8) is 0 Å². The maximum absolute atomic E-state index is 13.3. The molecule has 12 nitrogen and oxygen atoms in total. The van der Waals surface area contributed by atoms with Crippen LogP contribution in [0.2, 0.25) is 0 Å². The van der Waals surface area contributed by atoms with Gasteiger partial charge in [0.2, 0.25) is 17.7 Å². The summed E-state index contributed by atoms with van der Waals surface area (Å²) in [6.45, 7) is -3.76. The number of amides is 4. The molecular formula is C20H24F4N4O8S. The highest BCUT2D eigenvalue weighted by atomic mass is 32.2. The predicted octanol–water partition coefficient (Wildman–Crippen LogP) is -1.19. The van der Waals surface area contributed by atoms with E-state index in [9.17, 15) is 45.2 Å². The second-order valence-electron chi connectivity index (χ2n) is 8.19. The van der Waals surface area contributed by atoms with Crippen molar-refractivity contribution in [2.75, 3.05) is 26.3 Å². The summed E-state index contributed by atoms with van der Waals surface area (Å²) in [5.41, 5.74) is 9.85. The van der Waals surface area contributed by atoms with Crippen LogP contribution in [0.1, 0.15) is 12.8 Å². The molecule has 0 radical (unpaired) electrons. The van der Waals surface area contributed by atoms with Crippen LogP contribution in [0, 0.1) is 0 Å². The average Bonchev–Trinajstić information content (AvgIpc) is 3.33. The molecule has 0 bridgehead atoms. The molecule has 5 N–H and O–H groups in total. The first-order valence-corrected chi connectivity index (χ1v) is 11.9. The van der Waals surface area contributed by atoms with Crippen molar-refractivity contribution in [2.45, 2.75) is 41.7 Å². The van der Waals surface area contributed by atoms with Crippen LogP contribution >= 0.6 is 0 Å². The van der Waals surface area contributed by atoms with Crippen LogP contribution in [-0.2, 0) is 33.5 Å². The first-order valence-electron chi connectivity index (χ1n) is 10.5. The average molecular weight is 556 g/mol. The Labute approximate surface area is 208 Å². The van der Waals surface area contributed by atoms with Crippen molar-refractivity contribution >= 4 is 33.7 Å². The molecule has 2 saturated heterocycles. The number of alkyl halides is 4. The van der Waals surface area contributed by atoms with Crippen LogP contribution in [0.4, 0.5) is 17.6 Å². The number of rotatable bonds is 7. The number of hydrogen-bond donors (Lipinski definition) is 3. The Morgan fingerprint density at radius 2 is 1.32 bits per heavy atom. The molecule has 0 aliphatic carbocycles. The highest BCUT2D eigenvalue weighted by Gasteiger charge is 2.50. The highest BCUT2D eigenvalue weighted by molar-refractivity contribution is 7.86. The Hall–Kier alpha value is -3.31. The summed E-state index contributed by atoms with van der Waals surface area (Å²) in [7, 11) is -4.20. The van der Waals surface area contributed by atoms with Crippen LogP contribution in [0.25, 0.3) is 0 Å². The van der Waals surface area contributed by atoms with Gasteiger partial charge in [0, 0.05) is 12.8 Å². The van der Waals surface area contributed by atoms with Crippen molar-refractivity contribution in [3.8, 4) is 0 Å². The van der Waals surface area contributed by atoms with Crippen LogP contribution in [0.5, 0.6) is 0 Å². The van der Waals surface area contributed by atoms with Gasteiger partial charge < -0.3 is 26.4 Å². The Morgan fingerprint density at radius 3 is 1.73 bits per heavy atom. The number of aliphatic hydroxyl groups excluding tert-OH is 1. The maximum Gasteiger partial charge on any atom is 0.297 e. The minimum Gasteiger partial charge on any atom is -0.387 e.